The summed E-state index contributed by atoms with van der Waals surface area (Å²) in [7, 11) is 0. The number of imidazole rings is 1. The van der Waals surface area contributed by atoms with Crippen LogP contribution in [0.5, 0.6) is 0 Å². The fraction of sp³-hybridized carbons (Fsp3) is 0.474. The molecule has 0 saturated heterocycles. The second kappa shape index (κ2) is 5.08. The summed E-state index contributed by atoms with van der Waals surface area (Å²) < 4.78 is 1.90. The molecule has 0 aliphatic heterocycles. The molecule has 25 heavy (non-hydrogen) atoms. The van der Waals surface area contributed by atoms with Crippen LogP contribution in [0.3, 0.4) is 0 Å². The Morgan fingerprint density at radius 1 is 1.28 bits per heavy atom. The van der Waals surface area contributed by atoms with Crippen molar-refractivity contribution in [3.05, 3.63) is 36.3 Å². The van der Waals surface area contributed by atoms with Gasteiger partial charge >= 0.3 is 0 Å². The van der Waals surface area contributed by atoms with Crippen LogP contribution < -0.4 is 5.32 Å². The number of nitrogens with one attached hydrogen (secondary N) is 2. The zero-order valence-electron chi connectivity index (χ0n) is 14.4. The highest BCUT2D eigenvalue weighted by atomic mass is 16.3. The van der Waals surface area contributed by atoms with Crippen LogP contribution in [0.15, 0.2) is 30.6 Å². The maximum Gasteiger partial charge on any atom is 0.154 e. The molecule has 3 aromatic heterocycles. The smallest absolute Gasteiger partial charge is 0.154 e. The summed E-state index contributed by atoms with van der Waals surface area (Å²) in [5.74, 6) is 0.851. The van der Waals surface area contributed by atoms with Crippen molar-refractivity contribution in [1.29, 1.82) is 0 Å². The molecule has 2 bridgehead atoms. The van der Waals surface area contributed by atoms with Crippen molar-refractivity contribution in [3.63, 3.8) is 0 Å². The lowest BCUT2D eigenvalue weighted by Gasteiger charge is -2.28. The Labute approximate surface area is 146 Å². The van der Waals surface area contributed by atoms with Gasteiger partial charge in [-0.1, -0.05) is 6.92 Å². The van der Waals surface area contributed by atoms with Gasteiger partial charge in [0.1, 0.15) is 5.82 Å². The molecule has 0 aromatic carbocycles. The predicted molar refractivity (Wildman–Crippen MR) is 96.5 cm³/mol. The largest absolute Gasteiger partial charge is 0.390 e. The normalized spacial score (nSPS) is 28.1. The minimum atomic E-state index is -0.459. The molecule has 0 radical (unpaired) electrons. The second-order valence-electron chi connectivity index (χ2n) is 7.71. The fourth-order valence-corrected chi connectivity index (χ4v) is 4.55. The Morgan fingerprint density at radius 3 is 2.80 bits per heavy atom. The maximum absolute atomic E-state index is 10.5. The summed E-state index contributed by atoms with van der Waals surface area (Å²) in [6.45, 7) is 2.13. The van der Waals surface area contributed by atoms with Gasteiger partial charge in [-0.3, -0.25) is 0 Å². The van der Waals surface area contributed by atoms with Gasteiger partial charge in [-0.25, -0.2) is 9.50 Å². The minimum absolute atomic E-state index is 0.000361. The second-order valence-corrected chi connectivity index (χ2v) is 7.71. The molecule has 6 nitrogen and oxygen atoms in total. The number of aliphatic hydroxyl groups is 1. The lowest BCUT2D eigenvalue weighted by atomic mass is 9.93. The molecule has 0 spiro atoms. The number of nitrogens with zero attached hydrogens (tertiary/aromatic N) is 3. The van der Waals surface area contributed by atoms with E-state index in [0.29, 0.717) is 0 Å². The fourth-order valence-electron chi connectivity index (χ4n) is 4.55. The van der Waals surface area contributed by atoms with Gasteiger partial charge in [0.05, 0.1) is 17.5 Å². The average Bonchev–Trinajstić information content (AvgIpc) is 3.35. The Bertz CT molecular complexity index is 932. The van der Waals surface area contributed by atoms with Crippen molar-refractivity contribution >= 4 is 11.5 Å². The summed E-state index contributed by atoms with van der Waals surface area (Å²) in [6.07, 6.45) is 9.49. The highest BCUT2D eigenvalue weighted by Gasteiger charge is 2.53. The number of H-pyrrole nitrogens is 1. The minimum Gasteiger partial charge on any atom is -0.390 e. The lowest BCUT2D eigenvalue weighted by Crippen LogP contribution is -2.33. The molecule has 2 fully saturated rings. The number of aromatic nitrogens is 4. The Kier molecular flexibility index (Phi) is 3.04. The summed E-state index contributed by atoms with van der Waals surface area (Å²) in [5, 5.41) is 18.9. The van der Waals surface area contributed by atoms with Crippen LogP contribution in [-0.4, -0.2) is 35.8 Å². The van der Waals surface area contributed by atoms with E-state index in [1.165, 1.54) is 5.69 Å². The number of hydrogen-bond donors (Lipinski definition) is 3. The van der Waals surface area contributed by atoms with Crippen molar-refractivity contribution in [2.24, 2.45) is 0 Å². The van der Waals surface area contributed by atoms with Gasteiger partial charge < -0.3 is 15.4 Å². The first-order valence-electron chi connectivity index (χ1n) is 9.11. The first-order chi connectivity index (χ1) is 12.1. The van der Waals surface area contributed by atoms with Gasteiger partial charge in [0.25, 0.3) is 0 Å². The number of fused-ring (bicyclic) bond motifs is 3. The predicted octanol–water partition coefficient (Wildman–Crippen LogP) is 3.15. The van der Waals surface area contributed by atoms with Crippen molar-refractivity contribution in [1.82, 2.24) is 19.6 Å². The van der Waals surface area contributed by atoms with E-state index in [1.54, 1.807) is 0 Å². The van der Waals surface area contributed by atoms with Crippen LogP contribution in [0.2, 0.25) is 0 Å². The summed E-state index contributed by atoms with van der Waals surface area (Å²) >= 11 is 0. The number of aryl methyl sites for hydroxylation is 1. The molecule has 0 amide bonds. The van der Waals surface area contributed by atoms with Gasteiger partial charge in [-0.05, 0) is 56.7 Å². The molecule has 2 aliphatic rings. The van der Waals surface area contributed by atoms with E-state index < -0.39 is 5.60 Å². The summed E-state index contributed by atoms with van der Waals surface area (Å²) in [5.41, 5.74) is 3.67. The SMILES string of the molecule is CCc1cc(-c2cnc3ccc(NC45CCC(O)(CC4)C5)nn23)c[nH]1. The molecule has 2 aliphatic carbocycles. The summed E-state index contributed by atoms with van der Waals surface area (Å²) in [4.78, 5) is 7.77. The van der Waals surface area contributed by atoms with Crippen LogP contribution >= 0.6 is 0 Å². The van der Waals surface area contributed by atoms with E-state index in [2.05, 4.69) is 28.3 Å². The molecule has 0 atom stereocenters. The molecule has 6 heteroatoms. The first-order valence-corrected chi connectivity index (χ1v) is 9.11. The quantitative estimate of drug-likeness (QED) is 0.683. The third-order valence-corrected chi connectivity index (χ3v) is 5.98. The highest BCUT2D eigenvalue weighted by molar-refractivity contribution is 5.64. The number of aromatic amines is 1. The van der Waals surface area contributed by atoms with Crippen molar-refractivity contribution in [2.45, 2.75) is 56.6 Å². The van der Waals surface area contributed by atoms with E-state index >= 15 is 0 Å². The first kappa shape index (κ1) is 15.0. The van der Waals surface area contributed by atoms with Gasteiger partial charge in [-0.2, -0.15) is 0 Å². The van der Waals surface area contributed by atoms with Crippen LogP contribution in [0.4, 0.5) is 5.82 Å². The molecule has 3 N–H and O–H groups in total. The van der Waals surface area contributed by atoms with E-state index in [1.807, 2.05) is 29.0 Å². The van der Waals surface area contributed by atoms with Gasteiger partial charge in [-0.15, -0.1) is 5.10 Å². The van der Waals surface area contributed by atoms with Crippen LogP contribution in [0.1, 0.15) is 44.7 Å². The Hall–Kier alpha value is -2.34. The van der Waals surface area contributed by atoms with Crippen LogP contribution in [0.25, 0.3) is 16.9 Å². The number of hydrogen-bond acceptors (Lipinski definition) is 4. The van der Waals surface area contributed by atoms with Crippen molar-refractivity contribution in [3.8, 4) is 11.3 Å². The third-order valence-electron chi connectivity index (χ3n) is 5.98. The zero-order valence-corrected chi connectivity index (χ0v) is 14.4. The van der Waals surface area contributed by atoms with E-state index in [9.17, 15) is 5.11 Å². The number of rotatable bonds is 4. The topological polar surface area (TPSA) is 78.2 Å². The third kappa shape index (κ3) is 2.35. The number of anilines is 1. The van der Waals surface area contributed by atoms with Crippen molar-refractivity contribution in [2.75, 3.05) is 5.32 Å². The molecule has 5 rings (SSSR count). The Morgan fingerprint density at radius 2 is 2.12 bits per heavy atom. The standard InChI is InChI=1S/C19H23N5O/c1-2-14-9-13(10-20-14)15-11-21-17-4-3-16(23-24(15)17)22-18-5-7-19(25,12-18)8-6-18/h3-4,9-11,20,25H,2,5-8,12H2,1H3,(H,22,23). The van der Waals surface area contributed by atoms with Gasteiger partial charge in [0.15, 0.2) is 5.65 Å². The molecule has 130 valence electrons. The maximum atomic E-state index is 10.5. The van der Waals surface area contributed by atoms with Gasteiger partial charge in [0.2, 0.25) is 0 Å². The lowest BCUT2D eigenvalue weighted by molar-refractivity contribution is 0.0521. The molecule has 2 saturated carbocycles. The van der Waals surface area contributed by atoms with E-state index in [-0.39, 0.29) is 5.54 Å². The molecule has 3 aromatic rings. The molecule has 0 unspecified atom stereocenters. The highest BCUT2D eigenvalue weighted by Crippen LogP contribution is 2.51. The van der Waals surface area contributed by atoms with Gasteiger partial charge in [0, 0.05) is 23.0 Å². The molecular weight excluding hydrogens is 314 g/mol. The zero-order chi connectivity index (χ0) is 17.1. The molecule has 3 heterocycles. The van der Waals surface area contributed by atoms with E-state index in [4.69, 9.17) is 5.10 Å². The average molecular weight is 337 g/mol. The Balaban J connectivity index is 1.50. The summed E-state index contributed by atoms with van der Waals surface area (Å²) in [6, 6.07) is 6.14. The monoisotopic (exact) mass is 337 g/mol. The van der Waals surface area contributed by atoms with Crippen LogP contribution in [0, 0.1) is 0 Å². The van der Waals surface area contributed by atoms with Crippen molar-refractivity contribution < 1.29 is 5.11 Å². The van der Waals surface area contributed by atoms with E-state index in [0.717, 1.165) is 61.2 Å². The van der Waals surface area contributed by atoms with Crippen LogP contribution in [-0.2, 0) is 6.42 Å². The molecular formula is C19H23N5O.